The molecule has 1 aliphatic carbocycles. The zero-order valence-corrected chi connectivity index (χ0v) is 8.73. The fraction of sp³-hybridized carbons (Fsp3) is 0.778. The van der Waals surface area contributed by atoms with Crippen LogP contribution in [0, 0.1) is 4.77 Å². The predicted octanol–water partition coefficient (Wildman–Crippen LogP) is 2.62. The van der Waals surface area contributed by atoms with Crippen LogP contribution in [0.3, 0.4) is 0 Å². The second kappa shape index (κ2) is 3.25. The second-order valence-corrected chi connectivity index (χ2v) is 4.48. The molecule has 2 rings (SSSR count). The summed E-state index contributed by atoms with van der Waals surface area (Å²) in [4.78, 5) is 0. The van der Waals surface area contributed by atoms with E-state index in [1.165, 1.54) is 32.1 Å². The second-order valence-electron chi connectivity index (χ2n) is 4.09. The molecule has 0 saturated heterocycles. The highest BCUT2D eigenvalue weighted by atomic mass is 32.1. The van der Waals surface area contributed by atoms with Crippen LogP contribution in [0.15, 0.2) is 6.33 Å². The van der Waals surface area contributed by atoms with E-state index in [0.717, 1.165) is 4.77 Å². The first-order valence-electron chi connectivity index (χ1n) is 4.85. The van der Waals surface area contributed by atoms with Gasteiger partial charge in [0.1, 0.15) is 6.33 Å². The average Bonchev–Trinajstić information content (AvgIpc) is 2.53. The molecule has 0 unspecified atom stereocenters. The molecule has 1 aromatic heterocycles. The first kappa shape index (κ1) is 8.94. The third-order valence-corrected chi connectivity index (χ3v) is 3.35. The Morgan fingerprint density at radius 2 is 2.15 bits per heavy atom. The molecule has 1 N–H and O–H groups in total. The van der Waals surface area contributed by atoms with E-state index in [1.54, 1.807) is 0 Å². The maximum Gasteiger partial charge on any atom is 0.195 e. The van der Waals surface area contributed by atoms with Crippen molar-refractivity contribution in [1.82, 2.24) is 14.8 Å². The van der Waals surface area contributed by atoms with Crippen LogP contribution in [0.4, 0.5) is 0 Å². The Kier molecular flexibility index (Phi) is 2.24. The van der Waals surface area contributed by atoms with E-state index in [4.69, 9.17) is 12.2 Å². The zero-order chi connectivity index (χ0) is 9.31. The third kappa shape index (κ3) is 1.55. The first-order chi connectivity index (χ1) is 6.22. The van der Waals surface area contributed by atoms with E-state index in [9.17, 15) is 0 Å². The number of hydrogen-bond donors (Lipinski definition) is 1. The molecule has 0 spiro atoms. The van der Waals surface area contributed by atoms with E-state index in [2.05, 4.69) is 21.7 Å². The Hall–Kier alpha value is -0.640. The van der Waals surface area contributed by atoms with Crippen LogP contribution in [0.1, 0.15) is 39.0 Å². The van der Waals surface area contributed by atoms with E-state index >= 15 is 0 Å². The maximum atomic E-state index is 5.18. The lowest BCUT2D eigenvalue weighted by Gasteiger charge is -2.34. The number of aromatic amines is 1. The molecule has 1 fully saturated rings. The minimum absolute atomic E-state index is 0.211. The minimum Gasteiger partial charge on any atom is -0.301 e. The standard InChI is InChI=1S/C9H15N3S/c1-9(5-3-2-4-6-9)12-7-10-11-8(12)13/h7H,2-6H2,1H3,(H,11,13). The van der Waals surface area contributed by atoms with Crippen molar-refractivity contribution < 1.29 is 0 Å². The Morgan fingerprint density at radius 3 is 2.69 bits per heavy atom. The summed E-state index contributed by atoms with van der Waals surface area (Å²) in [5.74, 6) is 0. The molecule has 0 bridgehead atoms. The van der Waals surface area contributed by atoms with Crippen LogP contribution in [0.25, 0.3) is 0 Å². The largest absolute Gasteiger partial charge is 0.301 e. The van der Waals surface area contributed by atoms with Gasteiger partial charge in [-0.25, -0.2) is 0 Å². The monoisotopic (exact) mass is 197 g/mol. The van der Waals surface area contributed by atoms with Gasteiger partial charge in [-0.05, 0) is 32.0 Å². The Balaban J connectivity index is 2.33. The lowest BCUT2D eigenvalue weighted by Crippen LogP contribution is -2.32. The fourth-order valence-corrected chi connectivity index (χ4v) is 2.51. The van der Waals surface area contributed by atoms with Crippen molar-refractivity contribution >= 4 is 12.2 Å². The first-order valence-corrected chi connectivity index (χ1v) is 5.26. The summed E-state index contributed by atoms with van der Waals surface area (Å²) in [6, 6.07) is 0. The van der Waals surface area contributed by atoms with Crippen molar-refractivity contribution in [2.45, 2.75) is 44.6 Å². The minimum atomic E-state index is 0.211. The summed E-state index contributed by atoms with van der Waals surface area (Å²) in [7, 11) is 0. The molecule has 13 heavy (non-hydrogen) atoms. The topological polar surface area (TPSA) is 33.6 Å². The number of H-pyrrole nitrogens is 1. The van der Waals surface area contributed by atoms with Gasteiger partial charge < -0.3 is 4.57 Å². The lowest BCUT2D eigenvalue weighted by molar-refractivity contribution is 0.216. The molecule has 1 aromatic rings. The Morgan fingerprint density at radius 1 is 1.46 bits per heavy atom. The maximum absolute atomic E-state index is 5.18. The predicted molar refractivity (Wildman–Crippen MR) is 54.1 cm³/mol. The molecule has 0 atom stereocenters. The third-order valence-electron chi connectivity index (χ3n) is 3.06. The normalized spacial score (nSPS) is 21.6. The van der Waals surface area contributed by atoms with Crippen molar-refractivity contribution in [3.8, 4) is 0 Å². The van der Waals surface area contributed by atoms with Gasteiger partial charge in [0, 0.05) is 5.54 Å². The molecule has 1 saturated carbocycles. The smallest absolute Gasteiger partial charge is 0.195 e. The summed E-state index contributed by atoms with van der Waals surface area (Å²) in [6.07, 6.45) is 8.25. The van der Waals surface area contributed by atoms with Gasteiger partial charge in [0.25, 0.3) is 0 Å². The van der Waals surface area contributed by atoms with Crippen LogP contribution in [0.5, 0.6) is 0 Å². The van der Waals surface area contributed by atoms with Crippen LogP contribution >= 0.6 is 12.2 Å². The van der Waals surface area contributed by atoms with Gasteiger partial charge >= 0.3 is 0 Å². The van der Waals surface area contributed by atoms with E-state index < -0.39 is 0 Å². The van der Waals surface area contributed by atoms with Gasteiger partial charge in [-0.15, -0.1) is 0 Å². The highest BCUT2D eigenvalue weighted by Gasteiger charge is 2.28. The summed E-state index contributed by atoms with van der Waals surface area (Å²) in [5.41, 5.74) is 0.211. The molecule has 0 radical (unpaired) electrons. The summed E-state index contributed by atoms with van der Waals surface area (Å²) < 4.78 is 2.87. The number of nitrogens with one attached hydrogen (secondary N) is 1. The van der Waals surface area contributed by atoms with Gasteiger partial charge in [-0.3, -0.25) is 5.10 Å². The summed E-state index contributed by atoms with van der Waals surface area (Å²) in [6.45, 7) is 2.28. The number of rotatable bonds is 1. The summed E-state index contributed by atoms with van der Waals surface area (Å²) in [5, 5.41) is 6.79. The van der Waals surface area contributed by atoms with Gasteiger partial charge in [0.05, 0.1) is 0 Å². The van der Waals surface area contributed by atoms with Gasteiger partial charge in [0.2, 0.25) is 0 Å². The quantitative estimate of drug-likeness (QED) is 0.702. The van der Waals surface area contributed by atoms with Crippen molar-refractivity contribution in [1.29, 1.82) is 0 Å². The molecule has 72 valence electrons. The number of nitrogens with zero attached hydrogens (tertiary/aromatic N) is 2. The van der Waals surface area contributed by atoms with Gasteiger partial charge in [-0.1, -0.05) is 19.3 Å². The molecule has 0 amide bonds. The number of aromatic nitrogens is 3. The molecular formula is C9H15N3S. The van der Waals surface area contributed by atoms with Crippen LogP contribution in [-0.2, 0) is 5.54 Å². The number of hydrogen-bond acceptors (Lipinski definition) is 2. The van der Waals surface area contributed by atoms with Crippen LogP contribution < -0.4 is 0 Å². The van der Waals surface area contributed by atoms with Gasteiger partial charge in [-0.2, -0.15) is 5.10 Å². The summed E-state index contributed by atoms with van der Waals surface area (Å²) >= 11 is 5.18. The van der Waals surface area contributed by atoms with Crippen molar-refractivity contribution in [3.05, 3.63) is 11.1 Å². The zero-order valence-electron chi connectivity index (χ0n) is 7.92. The molecule has 3 nitrogen and oxygen atoms in total. The molecular weight excluding hydrogens is 182 g/mol. The van der Waals surface area contributed by atoms with Crippen molar-refractivity contribution in [3.63, 3.8) is 0 Å². The molecule has 1 heterocycles. The van der Waals surface area contributed by atoms with E-state index in [0.29, 0.717) is 0 Å². The average molecular weight is 197 g/mol. The molecule has 4 heteroatoms. The Bertz CT molecular complexity index is 333. The van der Waals surface area contributed by atoms with Crippen molar-refractivity contribution in [2.24, 2.45) is 0 Å². The van der Waals surface area contributed by atoms with Crippen LogP contribution in [-0.4, -0.2) is 14.8 Å². The Labute approximate surface area is 83.2 Å². The van der Waals surface area contributed by atoms with E-state index in [-0.39, 0.29) is 5.54 Å². The van der Waals surface area contributed by atoms with E-state index in [1.807, 2.05) is 6.33 Å². The van der Waals surface area contributed by atoms with Crippen LogP contribution in [0.2, 0.25) is 0 Å². The highest BCUT2D eigenvalue weighted by molar-refractivity contribution is 7.71. The molecule has 1 aliphatic rings. The highest BCUT2D eigenvalue weighted by Crippen LogP contribution is 2.34. The molecule has 0 aromatic carbocycles. The SMILES string of the molecule is CC1(n2cn[nH]c2=S)CCCCC1. The van der Waals surface area contributed by atoms with Gasteiger partial charge in [0.15, 0.2) is 4.77 Å². The lowest BCUT2D eigenvalue weighted by atomic mass is 9.83. The molecule has 0 aliphatic heterocycles. The van der Waals surface area contributed by atoms with Crippen molar-refractivity contribution in [2.75, 3.05) is 0 Å². The fourth-order valence-electron chi connectivity index (χ4n) is 2.19.